The van der Waals surface area contributed by atoms with Crippen LogP contribution in [-0.4, -0.2) is 26.0 Å². The predicted octanol–water partition coefficient (Wildman–Crippen LogP) is 1.88. The van der Waals surface area contributed by atoms with Gasteiger partial charge in [-0.1, -0.05) is 5.16 Å². The van der Waals surface area contributed by atoms with Crippen molar-refractivity contribution in [3.8, 4) is 0 Å². The third-order valence-corrected chi connectivity index (χ3v) is 3.66. The average molecular weight is 261 g/mol. The summed E-state index contributed by atoms with van der Waals surface area (Å²) in [6, 6.07) is 2.50. The van der Waals surface area contributed by atoms with E-state index in [-0.39, 0.29) is 12.1 Å². The molecule has 2 heterocycles. The molecule has 0 saturated heterocycles. The van der Waals surface area contributed by atoms with E-state index in [1.54, 1.807) is 6.20 Å². The van der Waals surface area contributed by atoms with Crippen LogP contribution in [0.3, 0.4) is 0 Å². The third kappa shape index (κ3) is 2.84. The third-order valence-electron chi connectivity index (χ3n) is 3.66. The van der Waals surface area contributed by atoms with Gasteiger partial charge in [0, 0.05) is 24.4 Å². The number of hydrogen-bond acceptors (Lipinski definition) is 5. The van der Waals surface area contributed by atoms with E-state index in [9.17, 15) is 0 Å². The lowest BCUT2D eigenvalue weighted by Crippen LogP contribution is -2.33. The molecule has 0 bridgehead atoms. The fourth-order valence-corrected chi connectivity index (χ4v) is 2.01. The smallest absolute Gasteiger partial charge is 0.229 e. The normalized spacial score (nSPS) is 18.4. The summed E-state index contributed by atoms with van der Waals surface area (Å²) in [5, 5.41) is 11.7. The molecule has 6 nitrogen and oxygen atoms in total. The van der Waals surface area contributed by atoms with Gasteiger partial charge in [-0.15, -0.1) is 0 Å². The second-order valence-corrected chi connectivity index (χ2v) is 5.22. The van der Waals surface area contributed by atoms with E-state index in [0.29, 0.717) is 12.5 Å². The number of rotatable bonds is 6. The Balaban J connectivity index is 1.53. The highest BCUT2D eigenvalue weighted by Gasteiger charge is 2.29. The Labute approximate surface area is 112 Å². The molecule has 1 aliphatic rings. The highest BCUT2D eigenvalue weighted by atomic mass is 16.5. The first-order valence-electron chi connectivity index (χ1n) is 6.79. The maximum Gasteiger partial charge on any atom is 0.229 e. The van der Waals surface area contributed by atoms with Crippen molar-refractivity contribution in [1.29, 1.82) is 0 Å². The molecule has 0 radical (unpaired) electrons. The van der Waals surface area contributed by atoms with Crippen LogP contribution < -0.4 is 5.32 Å². The first-order valence-corrected chi connectivity index (χ1v) is 6.79. The van der Waals surface area contributed by atoms with Crippen molar-refractivity contribution in [2.24, 2.45) is 0 Å². The van der Waals surface area contributed by atoms with Crippen molar-refractivity contribution in [2.75, 3.05) is 0 Å². The largest absolute Gasteiger partial charge is 0.339 e. The molecule has 0 spiro atoms. The molecule has 0 aliphatic heterocycles. The SMILES string of the molecule is C[C@H]([C@@H](C)NCc1noc(C2CC2)n1)n1cccn1. The molecule has 2 aromatic heterocycles. The highest BCUT2D eigenvalue weighted by Crippen LogP contribution is 2.38. The molecule has 0 aromatic carbocycles. The first-order chi connectivity index (χ1) is 9.24. The maximum atomic E-state index is 5.23. The van der Waals surface area contributed by atoms with Gasteiger partial charge in [0.1, 0.15) is 0 Å². The van der Waals surface area contributed by atoms with E-state index in [1.807, 2.05) is 16.9 Å². The van der Waals surface area contributed by atoms with Gasteiger partial charge in [-0.05, 0) is 32.8 Å². The highest BCUT2D eigenvalue weighted by molar-refractivity contribution is 5.01. The summed E-state index contributed by atoms with van der Waals surface area (Å²) in [6.45, 7) is 4.90. The summed E-state index contributed by atoms with van der Waals surface area (Å²) in [7, 11) is 0. The number of nitrogens with one attached hydrogen (secondary N) is 1. The van der Waals surface area contributed by atoms with Crippen LogP contribution >= 0.6 is 0 Å². The van der Waals surface area contributed by atoms with Crippen LogP contribution in [0.4, 0.5) is 0 Å². The minimum absolute atomic E-state index is 0.280. The van der Waals surface area contributed by atoms with Gasteiger partial charge in [0.2, 0.25) is 5.89 Å². The topological polar surface area (TPSA) is 68.8 Å². The first kappa shape index (κ1) is 12.3. The summed E-state index contributed by atoms with van der Waals surface area (Å²) in [6.07, 6.45) is 6.14. The zero-order valence-corrected chi connectivity index (χ0v) is 11.3. The molecule has 6 heteroatoms. The molecule has 0 unspecified atom stereocenters. The van der Waals surface area contributed by atoms with Crippen LogP contribution in [0.2, 0.25) is 0 Å². The Bertz CT molecular complexity index is 517. The van der Waals surface area contributed by atoms with Crippen LogP contribution in [-0.2, 0) is 6.54 Å². The fraction of sp³-hybridized carbons (Fsp3) is 0.615. The van der Waals surface area contributed by atoms with Gasteiger partial charge in [0.15, 0.2) is 5.82 Å². The summed E-state index contributed by atoms with van der Waals surface area (Å²) >= 11 is 0. The molecule has 0 amide bonds. The zero-order valence-electron chi connectivity index (χ0n) is 11.3. The minimum Gasteiger partial charge on any atom is -0.339 e. The average Bonchev–Trinajstić information content (AvgIpc) is 2.96. The van der Waals surface area contributed by atoms with Gasteiger partial charge < -0.3 is 9.84 Å². The van der Waals surface area contributed by atoms with Crippen molar-refractivity contribution in [3.05, 3.63) is 30.2 Å². The maximum absolute atomic E-state index is 5.23. The number of hydrogen-bond donors (Lipinski definition) is 1. The van der Waals surface area contributed by atoms with Crippen molar-refractivity contribution >= 4 is 0 Å². The Morgan fingerprint density at radius 1 is 1.47 bits per heavy atom. The molecule has 1 saturated carbocycles. The summed E-state index contributed by atoms with van der Waals surface area (Å²) < 4.78 is 7.18. The quantitative estimate of drug-likeness (QED) is 0.860. The van der Waals surface area contributed by atoms with E-state index in [1.165, 1.54) is 12.8 Å². The van der Waals surface area contributed by atoms with Gasteiger partial charge in [-0.25, -0.2) is 0 Å². The Kier molecular flexibility index (Phi) is 3.33. The van der Waals surface area contributed by atoms with E-state index in [2.05, 4.69) is 34.4 Å². The molecule has 102 valence electrons. The number of nitrogens with zero attached hydrogens (tertiary/aromatic N) is 4. The molecule has 19 heavy (non-hydrogen) atoms. The van der Waals surface area contributed by atoms with Crippen molar-refractivity contribution < 1.29 is 4.52 Å². The van der Waals surface area contributed by atoms with Crippen molar-refractivity contribution in [2.45, 2.75) is 51.2 Å². The lowest BCUT2D eigenvalue weighted by Gasteiger charge is -2.20. The van der Waals surface area contributed by atoms with Gasteiger partial charge in [-0.2, -0.15) is 10.1 Å². The molecule has 1 N–H and O–H groups in total. The second-order valence-electron chi connectivity index (χ2n) is 5.22. The molecule has 2 aromatic rings. The van der Waals surface area contributed by atoms with Crippen LogP contribution in [0.25, 0.3) is 0 Å². The van der Waals surface area contributed by atoms with Crippen LogP contribution in [0.15, 0.2) is 23.0 Å². The van der Waals surface area contributed by atoms with E-state index < -0.39 is 0 Å². The Morgan fingerprint density at radius 2 is 2.32 bits per heavy atom. The van der Waals surface area contributed by atoms with E-state index >= 15 is 0 Å². The van der Waals surface area contributed by atoms with Gasteiger partial charge >= 0.3 is 0 Å². The monoisotopic (exact) mass is 261 g/mol. The van der Waals surface area contributed by atoms with E-state index in [4.69, 9.17) is 4.52 Å². The van der Waals surface area contributed by atoms with Gasteiger partial charge in [0.25, 0.3) is 0 Å². The lowest BCUT2D eigenvalue weighted by atomic mass is 10.2. The fourth-order valence-electron chi connectivity index (χ4n) is 2.01. The molecular formula is C13H19N5O. The van der Waals surface area contributed by atoms with Gasteiger partial charge in [-0.3, -0.25) is 4.68 Å². The van der Waals surface area contributed by atoms with Crippen molar-refractivity contribution in [3.63, 3.8) is 0 Å². The molecular weight excluding hydrogens is 242 g/mol. The summed E-state index contributed by atoms with van der Waals surface area (Å²) in [5.41, 5.74) is 0. The number of aromatic nitrogens is 4. The van der Waals surface area contributed by atoms with Crippen LogP contribution in [0.1, 0.15) is 50.4 Å². The van der Waals surface area contributed by atoms with Crippen LogP contribution in [0, 0.1) is 0 Å². The summed E-state index contributed by atoms with van der Waals surface area (Å²) in [5.74, 6) is 2.05. The van der Waals surface area contributed by atoms with Crippen LogP contribution in [0.5, 0.6) is 0 Å². The minimum atomic E-state index is 0.280. The Hall–Kier alpha value is -1.69. The zero-order chi connectivity index (χ0) is 13.2. The van der Waals surface area contributed by atoms with Gasteiger partial charge in [0.05, 0.1) is 12.6 Å². The standard InChI is InChI=1S/C13H19N5O/c1-9(10(2)18-7-3-6-15-18)14-8-12-16-13(19-17-12)11-4-5-11/h3,6-7,9-11,14H,4-5,8H2,1-2H3/t9-,10-/m1/s1. The second kappa shape index (κ2) is 5.13. The molecule has 3 rings (SSSR count). The lowest BCUT2D eigenvalue weighted by molar-refractivity contribution is 0.350. The predicted molar refractivity (Wildman–Crippen MR) is 69.5 cm³/mol. The molecule has 1 fully saturated rings. The summed E-state index contributed by atoms with van der Waals surface area (Å²) in [4.78, 5) is 4.40. The van der Waals surface area contributed by atoms with E-state index in [0.717, 1.165) is 11.7 Å². The molecule has 2 atom stereocenters. The Morgan fingerprint density at radius 3 is 3.00 bits per heavy atom. The van der Waals surface area contributed by atoms with Crippen molar-refractivity contribution in [1.82, 2.24) is 25.2 Å². The molecule has 1 aliphatic carbocycles.